The van der Waals surface area contributed by atoms with E-state index in [0.29, 0.717) is 102 Å². The van der Waals surface area contributed by atoms with E-state index in [1.807, 2.05) is 14.1 Å². The number of aliphatic hydroxyl groups excluding tert-OH is 2. The molecule has 0 bridgehead atoms. The minimum atomic E-state index is -0.432. The van der Waals surface area contributed by atoms with Crippen molar-refractivity contribution in [2.45, 2.75) is 107 Å². The number of likely N-dealkylation sites (N-methyl/N-ethyl adjacent to an activating group) is 5. The van der Waals surface area contributed by atoms with Gasteiger partial charge in [-0.25, -0.2) is 0 Å². The Labute approximate surface area is 498 Å². The van der Waals surface area contributed by atoms with Gasteiger partial charge >= 0.3 is 5.97 Å². The van der Waals surface area contributed by atoms with Crippen molar-refractivity contribution in [3.8, 4) is 0 Å². The lowest BCUT2D eigenvalue weighted by Crippen LogP contribution is -2.35. The predicted octanol–water partition coefficient (Wildman–Crippen LogP) is 1.14. The Morgan fingerprint density at radius 1 is 0.482 bits per heavy atom. The Hall–Kier alpha value is -2.19. The van der Waals surface area contributed by atoms with Crippen molar-refractivity contribution in [1.82, 2.24) is 24.5 Å². The first-order valence-electron chi connectivity index (χ1n) is 29.5. The molecule has 0 amide bonds. The Balaban J connectivity index is 0.000000331. The first-order valence-corrected chi connectivity index (χ1v) is 29.5. The van der Waals surface area contributed by atoms with E-state index in [-0.39, 0.29) is 30.4 Å². The van der Waals surface area contributed by atoms with Crippen molar-refractivity contribution in [2.24, 2.45) is 0 Å². The summed E-state index contributed by atoms with van der Waals surface area (Å²) in [5, 5.41) is 18.5. The van der Waals surface area contributed by atoms with Crippen LogP contribution in [0.15, 0.2) is 38.0 Å². The summed E-state index contributed by atoms with van der Waals surface area (Å²) in [6, 6.07) is 0. The van der Waals surface area contributed by atoms with Crippen LogP contribution in [0.3, 0.4) is 0 Å². The number of aliphatic hydroxyl groups is 2. The first-order chi connectivity index (χ1) is 39.9. The number of nitrogens with zero attached hydrogens (tertiary/aromatic N) is 5. The molecule has 0 saturated carbocycles. The number of esters is 1. The maximum absolute atomic E-state index is 10.1. The highest BCUT2D eigenvalue weighted by atomic mass is 16.6. The third kappa shape index (κ3) is 54.9. The molecule has 9 rings (SSSR count). The summed E-state index contributed by atoms with van der Waals surface area (Å²) in [4.78, 5) is 20.9. The van der Waals surface area contributed by atoms with Gasteiger partial charge in [-0.2, -0.15) is 0 Å². The molecule has 0 radical (unpaired) electrons. The molecule has 9 aliphatic heterocycles. The van der Waals surface area contributed by atoms with Gasteiger partial charge < -0.3 is 111 Å². The molecule has 13 atom stereocenters. The molecule has 0 aromatic heterocycles. The number of methoxy groups -OCH3 is 3. The summed E-state index contributed by atoms with van der Waals surface area (Å²) in [5.41, 5.74) is 0. The standard InChI is InChI=1S/2C11H21NO3.C10H19NO3.C7H13NO2.C7H15NO2.C5H8O3.C4H8O2.C4H8O/c2*1-4-5-14-8-10(13-3)6-12(2)7-11-9-15-11;1-3-4-13-7-9(12)5-11(2)6-10-8-14-10;1-8(2-6-4-9-6)3-7-5-10-7;1-6(9)3-8(2)4-7-5-10-7;1-4(6)7-2-5-3-8-5;1-5-2-4-3-6-4;1-2-4-3-5-4/h2*4,10-11H,1,5-9H2,2-3H3;3,9-10,12H,1,4-8H2,2H3;6-7H,2-5H2,1H3;6-7,9H,3-5H2,1-2H3;5H,2-3H2,1H3;4H,2-3H2,1H3;4H,2-3H2,1H3. The molecule has 488 valence electrons. The topological polar surface area (TPSA) is 251 Å². The molecule has 24 nitrogen and oxygen atoms in total. The molecule has 0 spiro atoms. The number of hydrogen-bond acceptors (Lipinski definition) is 24. The second-order valence-electron chi connectivity index (χ2n) is 22.1. The van der Waals surface area contributed by atoms with Gasteiger partial charge in [-0.15, -0.1) is 19.7 Å². The molecule has 83 heavy (non-hydrogen) atoms. The average Bonchev–Trinajstić information content (AvgIpc) is 4.29. The summed E-state index contributed by atoms with van der Waals surface area (Å²) in [7, 11) is 15.3. The summed E-state index contributed by atoms with van der Waals surface area (Å²) < 4.78 is 81.0. The zero-order chi connectivity index (χ0) is 61.2. The molecular weight excluding hydrogens is 1080 g/mol. The summed E-state index contributed by atoms with van der Waals surface area (Å²) in [5.74, 6) is -0.236. The van der Waals surface area contributed by atoms with E-state index in [0.717, 1.165) is 125 Å². The maximum Gasteiger partial charge on any atom is 0.302 e. The van der Waals surface area contributed by atoms with Crippen LogP contribution < -0.4 is 0 Å². The van der Waals surface area contributed by atoms with E-state index >= 15 is 0 Å². The van der Waals surface area contributed by atoms with Gasteiger partial charge in [-0.1, -0.05) is 25.2 Å². The quantitative estimate of drug-likeness (QED) is 0.0379. The van der Waals surface area contributed by atoms with Gasteiger partial charge in [-0.3, -0.25) is 4.79 Å². The molecular formula is C59H113N5O19. The van der Waals surface area contributed by atoms with E-state index < -0.39 is 6.10 Å². The second kappa shape index (κ2) is 47.8. The van der Waals surface area contributed by atoms with Crippen LogP contribution in [0.1, 0.15) is 27.2 Å². The smallest absolute Gasteiger partial charge is 0.302 e. The first kappa shape index (κ1) is 76.9. The van der Waals surface area contributed by atoms with Crippen molar-refractivity contribution in [1.29, 1.82) is 0 Å². The van der Waals surface area contributed by atoms with E-state index in [1.54, 1.807) is 46.5 Å². The molecule has 0 aromatic rings. The fraction of sp³-hybridized carbons (Fsp3) is 0.881. The Bertz CT molecular complexity index is 1500. The van der Waals surface area contributed by atoms with Crippen LogP contribution in [0, 0.1) is 0 Å². The van der Waals surface area contributed by atoms with Crippen molar-refractivity contribution < 1.29 is 90.8 Å². The number of carbonyl (C=O) groups excluding carboxylic acids is 1. The normalized spacial score (nSPS) is 25.9. The second-order valence-corrected chi connectivity index (χ2v) is 22.1. The molecule has 0 aromatic carbocycles. The Kier molecular flexibility index (Phi) is 44.3. The van der Waals surface area contributed by atoms with Crippen LogP contribution in [-0.4, -0.2) is 354 Å². The zero-order valence-corrected chi connectivity index (χ0v) is 52.7. The SMILES string of the molecule is C=CCOCC(CN(C)CC1CO1)OC.C=CCOCC(CN(C)CC1CO1)OC.C=CCOCC(O)CN(C)CC1CO1.CC(=O)OCC1CO1.CC(O)CN(C)CC1CO1.CCC1CO1.CN(CC1CO1)CC1CO1.COCC1CO1. The number of hydrogen-bond donors (Lipinski definition) is 2. The monoisotopic (exact) mass is 1200 g/mol. The third-order valence-electron chi connectivity index (χ3n) is 12.4. The van der Waals surface area contributed by atoms with Crippen LogP contribution >= 0.6 is 0 Å². The van der Waals surface area contributed by atoms with Gasteiger partial charge in [0.05, 0.1) is 173 Å². The highest BCUT2D eigenvalue weighted by molar-refractivity contribution is 5.65. The van der Waals surface area contributed by atoms with Crippen LogP contribution in [0.5, 0.6) is 0 Å². The van der Waals surface area contributed by atoms with Crippen molar-refractivity contribution >= 4 is 5.97 Å². The molecule has 0 aliphatic carbocycles. The molecule has 2 N–H and O–H groups in total. The molecule has 9 saturated heterocycles. The summed E-state index contributed by atoms with van der Waals surface area (Å²) in [6.45, 7) is 37.6. The fourth-order valence-corrected chi connectivity index (χ4v) is 7.33. The molecule has 13 unspecified atom stereocenters. The predicted molar refractivity (Wildman–Crippen MR) is 316 cm³/mol. The minimum Gasteiger partial charge on any atom is -0.463 e. The zero-order valence-electron chi connectivity index (χ0n) is 52.7. The number of ether oxygens (including phenoxy) is 16. The van der Waals surface area contributed by atoms with Crippen LogP contribution in [0.2, 0.25) is 0 Å². The van der Waals surface area contributed by atoms with Crippen LogP contribution in [0.4, 0.5) is 0 Å². The van der Waals surface area contributed by atoms with Crippen molar-refractivity contribution in [3.05, 3.63) is 38.0 Å². The lowest BCUT2D eigenvalue weighted by atomic mass is 10.3. The third-order valence-corrected chi connectivity index (χ3v) is 12.4. The fourth-order valence-electron chi connectivity index (χ4n) is 7.33. The molecule has 9 heterocycles. The lowest BCUT2D eigenvalue weighted by Gasteiger charge is -2.22. The van der Waals surface area contributed by atoms with E-state index in [1.165, 1.54) is 13.3 Å². The van der Waals surface area contributed by atoms with Crippen LogP contribution in [0.25, 0.3) is 0 Å². The average molecular weight is 1200 g/mol. The molecule has 9 fully saturated rings. The van der Waals surface area contributed by atoms with E-state index in [9.17, 15) is 9.90 Å². The number of epoxide rings is 9. The highest BCUT2D eigenvalue weighted by Gasteiger charge is 2.30. The van der Waals surface area contributed by atoms with Crippen molar-refractivity contribution in [3.63, 3.8) is 0 Å². The lowest BCUT2D eigenvalue weighted by molar-refractivity contribution is -0.141. The van der Waals surface area contributed by atoms with Crippen molar-refractivity contribution in [2.75, 3.05) is 234 Å². The minimum absolute atomic E-state index is 0.119. The number of carbonyl (C=O) groups is 1. The van der Waals surface area contributed by atoms with Gasteiger partial charge in [0.2, 0.25) is 0 Å². The summed E-state index contributed by atoms with van der Waals surface area (Å²) >= 11 is 0. The van der Waals surface area contributed by atoms with Gasteiger partial charge in [-0.05, 0) is 48.6 Å². The van der Waals surface area contributed by atoms with Gasteiger partial charge in [0.15, 0.2) is 0 Å². The van der Waals surface area contributed by atoms with Gasteiger partial charge in [0.25, 0.3) is 0 Å². The van der Waals surface area contributed by atoms with Gasteiger partial charge in [0, 0.05) is 93.7 Å². The largest absolute Gasteiger partial charge is 0.463 e. The highest BCUT2D eigenvalue weighted by Crippen LogP contribution is 2.16. The molecule has 9 aliphatic rings. The maximum atomic E-state index is 10.1. The van der Waals surface area contributed by atoms with Gasteiger partial charge in [0.1, 0.15) is 18.8 Å². The summed E-state index contributed by atoms with van der Waals surface area (Å²) in [6.07, 6.45) is 9.90. The number of rotatable bonds is 39. The van der Waals surface area contributed by atoms with Crippen LogP contribution in [-0.2, 0) is 80.6 Å². The van der Waals surface area contributed by atoms with E-state index in [2.05, 4.69) is 77.0 Å². The van der Waals surface area contributed by atoms with E-state index in [4.69, 9.17) is 76.2 Å². The molecule has 24 heteroatoms. The Morgan fingerprint density at radius 3 is 1.04 bits per heavy atom. The Morgan fingerprint density at radius 2 is 0.783 bits per heavy atom.